The number of hydrogen-bond acceptors (Lipinski definition) is 6. The smallest absolute Gasteiger partial charge is 0.153 e. The maximum absolute atomic E-state index is 9.17. The van der Waals surface area contributed by atoms with E-state index in [9.17, 15) is 0 Å². The van der Waals surface area contributed by atoms with Crippen molar-refractivity contribution in [1.82, 2.24) is 14.6 Å². The number of aromatic nitrogens is 3. The van der Waals surface area contributed by atoms with Crippen LogP contribution in [-0.2, 0) is 4.74 Å². The van der Waals surface area contributed by atoms with E-state index in [1.54, 1.807) is 6.33 Å². The molecule has 3 heterocycles. The van der Waals surface area contributed by atoms with Gasteiger partial charge < -0.3 is 20.3 Å². The molecule has 2 unspecified atom stereocenters. The van der Waals surface area contributed by atoms with Crippen LogP contribution >= 0.6 is 0 Å². The third-order valence-electron chi connectivity index (χ3n) is 3.66. The summed E-state index contributed by atoms with van der Waals surface area (Å²) in [5.74, 6) is 0.852. The van der Waals surface area contributed by atoms with Gasteiger partial charge in [-0.3, -0.25) is 0 Å². The molecule has 2 aromatic rings. The summed E-state index contributed by atoms with van der Waals surface area (Å²) < 4.78 is 7.72. The third-order valence-corrected chi connectivity index (χ3v) is 3.66. The molecule has 0 amide bonds. The number of ether oxygens (including phenoxy) is 1. The molecule has 0 bridgehead atoms. The van der Waals surface area contributed by atoms with Gasteiger partial charge >= 0.3 is 0 Å². The van der Waals surface area contributed by atoms with Gasteiger partial charge in [0.2, 0.25) is 0 Å². The molecule has 0 spiro atoms. The molecule has 7 heteroatoms. The van der Waals surface area contributed by atoms with Crippen molar-refractivity contribution in [3.8, 4) is 0 Å². The zero-order valence-corrected chi connectivity index (χ0v) is 17.1. The van der Waals surface area contributed by atoms with Gasteiger partial charge in [0.15, 0.2) is 5.82 Å². The molecule has 1 aliphatic heterocycles. The largest absolute Gasteiger partial charge is 0.400 e. The van der Waals surface area contributed by atoms with Crippen LogP contribution in [0.5, 0.6) is 0 Å². The highest BCUT2D eigenvalue weighted by Gasteiger charge is 2.28. The summed E-state index contributed by atoms with van der Waals surface area (Å²) in [5, 5.41) is 23.8. The lowest BCUT2D eigenvalue weighted by Crippen LogP contribution is -2.12. The Balaban J connectivity index is 0.000000948. The number of fused-ring (bicyclic) bond motifs is 1. The fourth-order valence-electron chi connectivity index (χ4n) is 2.63. The zero-order chi connectivity index (χ0) is 19.9. The summed E-state index contributed by atoms with van der Waals surface area (Å²) in [6.07, 6.45) is 4.37. The molecule has 3 rings (SSSR count). The molecule has 26 heavy (non-hydrogen) atoms. The van der Waals surface area contributed by atoms with E-state index >= 15 is 0 Å². The van der Waals surface area contributed by atoms with Crippen LogP contribution in [-0.4, -0.2) is 51.2 Å². The maximum Gasteiger partial charge on any atom is 0.153 e. The van der Waals surface area contributed by atoms with Crippen LogP contribution < -0.4 is 5.32 Å². The summed E-state index contributed by atoms with van der Waals surface area (Å²) >= 11 is 0. The number of hydrogen-bond donors (Lipinski definition) is 3. The molecule has 0 saturated carbocycles. The van der Waals surface area contributed by atoms with Crippen LogP contribution in [0.2, 0.25) is 0 Å². The quantitative estimate of drug-likeness (QED) is 0.749. The lowest BCUT2D eigenvalue weighted by atomic mass is 10.1. The summed E-state index contributed by atoms with van der Waals surface area (Å²) in [6, 6.07) is 4.05. The second-order valence-corrected chi connectivity index (χ2v) is 5.10. The van der Waals surface area contributed by atoms with E-state index in [0.717, 1.165) is 49.9 Å². The normalized spacial score (nSPS) is 18.0. The van der Waals surface area contributed by atoms with Crippen molar-refractivity contribution >= 4 is 11.3 Å². The molecule has 150 valence electrons. The number of aliphatic hydroxyl groups is 2. The van der Waals surface area contributed by atoms with Gasteiger partial charge in [-0.15, -0.1) is 0 Å². The van der Waals surface area contributed by atoms with Crippen LogP contribution in [0.15, 0.2) is 18.5 Å². The number of nitrogens with zero attached hydrogens (tertiary/aromatic N) is 3. The molecule has 1 saturated heterocycles. The SMILES string of the molecule is CC.CC.CCCNc1ncnn2c(C3CCC(CO)O3)ccc12.CO. The molecule has 2 atom stereocenters. The number of anilines is 1. The van der Waals surface area contributed by atoms with Gasteiger partial charge in [-0.05, 0) is 31.4 Å². The van der Waals surface area contributed by atoms with Crippen LogP contribution in [0.4, 0.5) is 5.82 Å². The van der Waals surface area contributed by atoms with E-state index in [-0.39, 0.29) is 18.8 Å². The predicted octanol–water partition coefficient (Wildman–Crippen LogP) is 3.42. The van der Waals surface area contributed by atoms with E-state index < -0.39 is 0 Å². The zero-order valence-electron chi connectivity index (χ0n) is 17.1. The Hall–Kier alpha value is -1.70. The van der Waals surface area contributed by atoms with Crippen molar-refractivity contribution in [1.29, 1.82) is 0 Å². The van der Waals surface area contributed by atoms with E-state index in [4.69, 9.17) is 14.9 Å². The number of rotatable bonds is 5. The average Bonchev–Trinajstić information content (AvgIpc) is 3.37. The van der Waals surface area contributed by atoms with Gasteiger partial charge in [-0.1, -0.05) is 34.6 Å². The Morgan fingerprint density at radius 1 is 1.19 bits per heavy atom. The topological polar surface area (TPSA) is 91.9 Å². The maximum atomic E-state index is 9.17. The minimum absolute atomic E-state index is 0.00331. The molecule has 7 nitrogen and oxygen atoms in total. The van der Waals surface area contributed by atoms with Gasteiger partial charge in [-0.2, -0.15) is 5.10 Å². The molecular weight excluding hydrogens is 332 g/mol. The van der Waals surface area contributed by atoms with E-state index in [1.165, 1.54) is 0 Å². The van der Waals surface area contributed by atoms with Gasteiger partial charge in [-0.25, -0.2) is 9.50 Å². The molecule has 1 fully saturated rings. The predicted molar refractivity (Wildman–Crippen MR) is 107 cm³/mol. The second-order valence-electron chi connectivity index (χ2n) is 5.10. The molecule has 3 N–H and O–H groups in total. The van der Waals surface area contributed by atoms with Crippen molar-refractivity contribution in [3.63, 3.8) is 0 Å². The fraction of sp³-hybridized carbons (Fsp3) is 0.684. The molecular formula is C19H36N4O3. The van der Waals surface area contributed by atoms with Gasteiger partial charge in [0.05, 0.1) is 18.4 Å². The molecule has 1 aliphatic rings. The Morgan fingerprint density at radius 3 is 2.46 bits per heavy atom. The van der Waals surface area contributed by atoms with Gasteiger partial charge in [0.1, 0.15) is 17.9 Å². The van der Waals surface area contributed by atoms with Crippen LogP contribution in [0, 0.1) is 0 Å². The lowest BCUT2D eigenvalue weighted by molar-refractivity contribution is 0.00856. The lowest BCUT2D eigenvalue weighted by Gasteiger charge is -2.12. The van der Waals surface area contributed by atoms with Gasteiger partial charge in [0.25, 0.3) is 0 Å². The van der Waals surface area contributed by atoms with Crippen molar-refractivity contribution in [2.45, 2.75) is 66.1 Å². The van der Waals surface area contributed by atoms with E-state index in [1.807, 2.05) is 44.3 Å². The van der Waals surface area contributed by atoms with E-state index in [2.05, 4.69) is 22.3 Å². The molecule has 2 aromatic heterocycles. The Labute approximate surface area is 157 Å². The number of aliphatic hydroxyl groups excluding tert-OH is 2. The Bertz CT molecular complexity index is 589. The fourth-order valence-corrected chi connectivity index (χ4v) is 2.63. The van der Waals surface area contributed by atoms with E-state index in [0.29, 0.717) is 0 Å². The minimum Gasteiger partial charge on any atom is -0.400 e. The average molecular weight is 369 g/mol. The standard InChI is InChI=1S/C14H20N4O2.2C2H6.CH4O/c1-2-7-15-14-12-5-4-11(18(12)17-9-16-14)13-6-3-10(8-19)20-13;3*1-2/h4-5,9-10,13,19H,2-3,6-8H2,1H3,(H,15,16,17);2*1-2H3;2H,1H3. The highest BCUT2D eigenvalue weighted by atomic mass is 16.5. The summed E-state index contributed by atoms with van der Waals surface area (Å²) in [7, 11) is 1.00. The minimum atomic E-state index is -0.0509. The number of nitrogens with one attached hydrogen (secondary N) is 1. The molecule has 0 aromatic carbocycles. The van der Waals surface area contributed by atoms with Crippen LogP contribution in [0.25, 0.3) is 5.52 Å². The first-order chi connectivity index (χ1) is 12.8. The van der Waals surface area contributed by atoms with Crippen molar-refractivity contribution in [3.05, 3.63) is 24.2 Å². The first-order valence-electron chi connectivity index (χ1n) is 9.61. The Kier molecular flexibility index (Phi) is 13.5. The molecule has 0 aliphatic carbocycles. The van der Waals surface area contributed by atoms with Gasteiger partial charge in [0, 0.05) is 13.7 Å². The van der Waals surface area contributed by atoms with Crippen LogP contribution in [0.3, 0.4) is 0 Å². The monoisotopic (exact) mass is 368 g/mol. The Morgan fingerprint density at radius 2 is 1.88 bits per heavy atom. The highest BCUT2D eigenvalue weighted by Crippen LogP contribution is 2.33. The first kappa shape index (κ1) is 24.3. The van der Waals surface area contributed by atoms with Crippen LogP contribution in [0.1, 0.15) is 65.7 Å². The van der Waals surface area contributed by atoms with Crippen molar-refractivity contribution in [2.75, 3.05) is 25.6 Å². The van der Waals surface area contributed by atoms with Crippen molar-refractivity contribution in [2.24, 2.45) is 0 Å². The summed E-state index contributed by atoms with van der Waals surface area (Å²) in [4.78, 5) is 4.29. The third kappa shape index (κ3) is 6.23. The van der Waals surface area contributed by atoms with Crippen molar-refractivity contribution < 1.29 is 14.9 Å². The first-order valence-corrected chi connectivity index (χ1v) is 9.61. The second kappa shape index (κ2) is 14.5. The highest BCUT2D eigenvalue weighted by molar-refractivity contribution is 5.68. The summed E-state index contributed by atoms with van der Waals surface area (Å²) in [6.45, 7) is 11.1. The molecule has 0 radical (unpaired) electrons. The summed E-state index contributed by atoms with van der Waals surface area (Å²) in [5.41, 5.74) is 1.99.